The van der Waals surface area contributed by atoms with Gasteiger partial charge in [0.05, 0.1) is 11.2 Å². The summed E-state index contributed by atoms with van der Waals surface area (Å²) < 4.78 is 5.77. The van der Waals surface area contributed by atoms with Gasteiger partial charge in [-0.2, -0.15) is 5.10 Å². The summed E-state index contributed by atoms with van der Waals surface area (Å²) in [6.45, 7) is 0.313. The molecule has 0 saturated heterocycles. The van der Waals surface area contributed by atoms with E-state index in [-0.39, 0.29) is 5.91 Å². The first kappa shape index (κ1) is 20.9. The molecule has 4 aromatic carbocycles. The average molecular weight is 449 g/mol. The molecule has 4 aromatic rings. The van der Waals surface area contributed by atoms with Crippen molar-refractivity contribution < 1.29 is 9.53 Å². The predicted molar refractivity (Wildman–Crippen MR) is 126 cm³/mol. The van der Waals surface area contributed by atoms with Crippen LogP contribution in [0.15, 0.2) is 90.0 Å². The molecule has 0 bridgehead atoms. The van der Waals surface area contributed by atoms with Gasteiger partial charge in [0.2, 0.25) is 0 Å². The third kappa shape index (κ3) is 5.05. The van der Waals surface area contributed by atoms with E-state index in [2.05, 4.69) is 10.5 Å². The fraction of sp³-hybridized carbons (Fsp3) is 0.0400. The molecule has 31 heavy (non-hydrogen) atoms. The Hall–Kier alpha value is -3.34. The van der Waals surface area contributed by atoms with Crippen LogP contribution in [0, 0.1) is 0 Å². The van der Waals surface area contributed by atoms with Crippen LogP contribution in [0.3, 0.4) is 0 Å². The van der Waals surface area contributed by atoms with Gasteiger partial charge in [-0.3, -0.25) is 4.79 Å². The highest BCUT2D eigenvalue weighted by Crippen LogP contribution is 2.27. The molecule has 1 N–H and O–H groups in total. The Morgan fingerprint density at radius 3 is 2.52 bits per heavy atom. The fourth-order valence-corrected chi connectivity index (χ4v) is 3.57. The SMILES string of the molecule is O=C(N/N=C\c1ccc(OCc2ccccc2Cl)c(Cl)c1)c1cccc2ccccc12. The van der Waals surface area contributed by atoms with Crippen LogP contribution in [-0.2, 0) is 6.61 Å². The van der Waals surface area contributed by atoms with Crippen molar-refractivity contribution in [3.8, 4) is 5.75 Å². The molecule has 4 rings (SSSR count). The van der Waals surface area contributed by atoms with Crippen molar-refractivity contribution in [2.24, 2.45) is 5.10 Å². The number of hydrazone groups is 1. The lowest BCUT2D eigenvalue weighted by Gasteiger charge is -2.09. The second-order valence-corrected chi connectivity index (χ2v) is 7.61. The lowest BCUT2D eigenvalue weighted by atomic mass is 10.0. The minimum Gasteiger partial charge on any atom is -0.487 e. The van der Waals surface area contributed by atoms with Crippen molar-refractivity contribution in [1.29, 1.82) is 0 Å². The number of nitrogens with zero attached hydrogens (tertiary/aromatic N) is 1. The second-order valence-electron chi connectivity index (χ2n) is 6.80. The zero-order valence-corrected chi connectivity index (χ0v) is 17.9. The van der Waals surface area contributed by atoms with E-state index in [9.17, 15) is 4.79 Å². The predicted octanol–water partition coefficient (Wildman–Crippen LogP) is 6.49. The van der Waals surface area contributed by atoms with E-state index in [0.29, 0.717) is 28.0 Å². The number of amides is 1. The normalized spacial score (nSPS) is 11.0. The number of carbonyl (C=O) groups is 1. The maximum Gasteiger partial charge on any atom is 0.271 e. The Labute approximate surface area is 190 Å². The summed E-state index contributed by atoms with van der Waals surface area (Å²) in [5, 5.41) is 7.02. The first-order valence-corrected chi connectivity index (χ1v) is 10.3. The van der Waals surface area contributed by atoms with Gasteiger partial charge < -0.3 is 4.74 Å². The molecule has 0 atom stereocenters. The number of carbonyl (C=O) groups excluding carboxylic acids is 1. The Kier molecular flexibility index (Phi) is 6.51. The third-order valence-corrected chi connectivity index (χ3v) is 5.38. The molecule has 0 aliphatic carbocycles. The zero-order chi connectivity index (χ0) is 21.6. The molecule has 0 aliphatic rings. The average Bonchev–Trinajstić information content (AvgIpc) is 2.79. The number of nitrogens with one attached hydrogen (secondary N) is 1. The number of hydrogen-bond acceptors (Lipinski definition) is 3. The van der Waals surface area contributed by atoms with E-state index in [4.69, 9.17) is 27.9 Å². The minimum absolute atomic E-state index is 0.279. The van der Waals surface area contributed by atoms with E-state index in [0.717, 1.165) is 21.9 Å². The number of rotatable bonds is 6. The number of fused-ring (bicyclic) bond motifs is 1. The zero-order valence-electron chi connectivity index (χ0n) is 16.4. The molecular formula is C25H18Cl2N2O2. The molecule has 0 fully saturated rings. The summed E-state index contributed by atoms with van der Waals surface area (Å²) in [4.78, 5) is 12.5. The molecule has 6 heteroatoms. The van der Waals surface area contributed by atoms with Gasteiger partial charge >= 0.3 is 0 Å². The van der Waals surface area contributed by atoms with Crippen molar-refractivity contribution in [3.05, 3.63) is 112 Å². The quantitative estimate of drug-likeness (QED) is 0.270. The van der Waals surface area contributed by atoms with Gasteiger partial charge in [0, 0.05) is 16.1 Å². The molecule has 0 aromatic heterocycles. The number of benzene rings is 4. The van der Waals surface area contributed by atoms with Crippen molar-refractivity contribution in [2.45, 2.75) is 6.61 Å². The highest BCUT2D eigenvalue weighted by molar-refractivity contribution is 6.32. The Morgan fingerprint density at radius 2 is 1.68 bits per heavy atom. The minimum atomic E-state index is -0.279. The van der Waals surface area contributed by atoms with Gasteiger partial charge in [-0.05, 0) is 46.7 Å². The van der Waals surface area contributed by atoms with Crippen LogP contribution in [0.25, 0.3) is 10.8 Å². The molecule has 0 saturated carbocycles. The second kappa shape index (κ2) is 9.65. The van der Waals surface area contributed by atoms with E-state index in [1.165, 1.54) is 6.21 Å². The lowest BCUT2D eigenvalue weighted by molar-refractivity contribution is 0.0957. The van der Waals surface area contributed by atoms with E-state index in [1.807, 2.05) is 60.7 Å². The van der Waals surface area contributed by atoms with Gasteiger partial charge in [-0.1, -0.05) is 77.8 Å². The standard InChI is InChI=1S/C25H18Cl2N2O2/c26-22-11-4-2-7-19(22)16-31-24-13-12-17(14-23(24)27)15-28-29-25(30)21-10-5-8-18-6-1-3-9-20(18)21/h1-15H,16H2,(H,29,30)/b28-15-. The fourth-order valence-electron chi connectivity index (χ4n) is 3.13. The molecule has 0 heterocycles. The lowest BCUT2D eigenvalue weighted by Crippen LogP contribution is -2.17. The highest BCUT2D eigenvalue weighted by atomic mass is 35.5. The molecule has 154 valence electrons. The molecule has 0 unspecified atom stereocenters. The molecule has 1 amide bonds. The monoisotopic (exact) mass is 448 g/mol. The van der Waals surface area contributed by atoms with Crippen molar-refractivity contribution >= 4 is 46.1 Å². The van der Waals surface area contributed by atoms with E-state index < -0.39 is 0 Å². The number of ether oxygens (including phenoxy) is 1. The third-order valence-electron chi connectivity index (χ3n) is 4.71. The van der Waals surface area contributed by atoms with E-state index in [1.54, 1.807) is 24.3 Å². The van der Waals surface area contributed by atoms with Gasteiger partial charge in [0.15, 0.2) is 0 Å². The summed E-state index contributed by atoms with van der Waals surface area (Å²) >= 11 is 12.5. The van der Waals surface area contributed by atoms with Crippen molar-refractivity contribution in [2.75, 3.05) is 0 Å². The Balaban J connectivity index is 1.40. The van der Waals surface area contributed by atoms with E-state index >= 15 is 0 Å². The molecule has 4 nitrogen and oxygen atoms in total. The number of halogens is 2. The summed E-state index contributed by atoms with van der Waals surface area (Å²) in [5.41, 5.74) is 4.74. The summed E-state index contributed by atoms with van der Waals surface area (Å²) in [5.74, 6) is 0.261. The first-order valence-electron chi connectivity index (χ1n) is 9.59. The van der Waals surface area contributed by atoms with Crippen LogP contribution in [-0.4, -0.2) is 12.1 Å². The molecule has 0 radical (unpaired) electrons. The van der Waals surface area contributed by atoms with Crippen LogP contribution in [0.5, 0.6) is 5.75 Å². The molecular weight excluding hydrogens is 431 g/mol. The summed E-state index contributed by atoms with van der Waals surface area (Å²) in [6, 6.07) is 26.1. The molecule has 0 spiro atoms. The van der Waals surface area contributed by atoms with Crippen LogP contribution in [0.1, 0.15) is 21.5 Å². The number of hydrogen-bond donors (Lipinski definition) is 1. The summed E-state index contributed by atoms with van der Waals surface area (Å²) in [6.07, 6.45) is 1.53. The Morgan fingerprint density at radius 1 is 0.903 bits per heavy atom. The van der Waals surface area contributed by atoms with Gasteiger partial charge in [0.1, 0.15) is 12.4 Å². The van der Waals surface area contributed by atoms with Crippen LogP contribution >= 0.6 is 23.2 Å². The van der Waals surface area contributed by atoms with Gasteiger partial charge in [-0.15, -0.1) is 0 Å². The topological polar surface area (TPSA) is 50.7 Å². The van der Waals surface area contributed by atoms with Gasteiger partial charge in [0.25, 0.3) is 5.91 Å². The van der Waals surface area contributed by atoms with Crippen LogP contribution in [0.2, 0.25) is 10.0 Å². The highest BCUT2D eigenvalue weighted by Gasteiger charge is 2.09. The van der Waals surface area contributed by atoms with Crippen LogP contribution in [0.4, 0.5) is 0 Å². The van der Waals surface area contributed by atoms with Crippen molar-refractivity contribution in [3.63, 3.8) is 0 Å². The maximum atomic E-state index is 12.5. The van der Waals surface area contributed by atoms with Crippen LogP contribution < -0.4 is 10.2 Å². The van der Waals surface area contributed by atoms with Gasteiger partial charge in [-0.25, -0.2) is 5.43 Å². The first-order chi connectivity index (χ1) is 15.1. The molecule has 0 aliphatic heterocycles. The van der Waals surface area contributed by atoms with Crippen molar-refractivity contribution in [1.82, 2.24) is 5.43 Å². The maximum absolute atomic E-state index is 12.5. The summed E-state index contributed by atoms with van der Waals surface area (Å²) in [7, 11) is 0. The Bertz CT molecular complexity index is 1270. The smallest absolute Gasteiger partial charge is 0.271 e. The largest absolute Gasteiger partial charge is 0.487 e.